The summed E-state index contributed by atoms with van der Waals surface area (Å²) in [6.07, 6.45) is 0. The first-order valence-electron chi connectivity index (χ1n) is 27.2. The van der Waals surface area contributed by atoms with Crippen LogP contribution >= 0.6 is 0 Å². The van der Waals surface area contributed by atoms with Crippen molar-refractivity contribution in [3.63, 3.8) is 0 Å². The Morgan fingerprint density at radius 1 is 0.218 bits per heavy atom. The number of anilines is 6. The molecule has 15 rings (SSSR count). The third kappa shape index (κ3) is 6.89. The first kappa shape index (κ1) is 45.6. The highest BCUT2D eigenvalue weighted by molar-refractivity contribution is 6.03. The van der Waals surface area contributed by atoms with E-state index in [1.165, 1.54) is 89.0 Å². The standard InChI is InChI=1S/C76H54N2/c1-75(2)67-40-21-18-37-59(67)64-46-58(43-44-68(64)75)78(57-35-16-7-17-36-57)74-50-72-66(48-63(74)54-30-24-29-53(45-54)51-25-8-3-9-26-51)61-39-20-23-42-70(61)76(72)69-41-22-19-38-60(69)65-47-62(52-27-10-4-11-28-52)73(49-71(65)76)77(55-31-12-5-13-32-55)56-33-14-6-15-34-56/h3-50H,1-2H3. The average molecular weight is 995 g/mol. The Balaban J connectivity index is 1.06. The first-order chi connectivity index (χ1) is 38.5. The molecular formula is C76H54N2. The minimum absolute atomic E-state index is 0.129. The summed E-state index contributed by atoms with van der Waals surface area (Å²) in [4.78, 5) is 4.99. The number of hydrogen-bond acceptors (Lipinski definition) is 2. The smallest absolute Gasteiger partial charge is 0.0727 e. The second-order valence-corrected chi connectivity index (χ2v) is 21.6. The van der Waals surface area contributed by atoms with Gasteiger partial charge in [-0.25, -0.2) is 0 Å². The van der Waals surface area contributed by atoms with Gasteiger partial charge in [0.2, 0.25) is 0 Å². The van der Waals surface area contributed by atoms with Gasteiger partial charge in [-0.05, 0) is 168 Å². The third-order valence-electron chi connectivity index (χ3n) is 17.0. The van der Waals surface area contributed by atoms with E-state index in [9.17, 15) is 0 Å². The van der Waals surface area contributed by atoms with E-state index in [-0.39, 0.29) is 5.41 Å². The van der Waals surface area contributed by atoms with Crippen LogP contribution in [0, 0.1) is 0 Å². The lowest BCUT2D eigenvalue weighted by Gasteiger charge is -2.35. The van der Waals surface area contributed by atoms with Crippen LogP contribution in [-0.4, -0.2) is 0 Å². The molecule has 1 spiro atoms. The first-order valence-corrected chi connectivity index (χ1v) is 27.2. The average Bonchev–Trinajstić information content (AvgIpc) is 4.20. The highest BCUT2D eigenvalue weighted by atomic mass is 15.2. The highest BCUT2D eigenvalue weighted by Crippen LogP contribution is 2.66. The van der Waals surface area contributed by atoms with E-state index >= 15 is 0 Å². The molecular weight excluding hydrogens is 941 g/mol. The molecule has 3 aliphatic carbocycles. The van der Waals surface area contributed by atoms with Crippen LogP contribution in [0.15, 0.2) is 291 Å². The van der Waals surface area contributed by atoms with Crippen molar-refractivity contribution in [1.29, 1.82) is 0 Å². The molecule has 12 aromatic carbocycles. The molecule has 0 heterocycles. The molecule has 2 heteroatoms. The molecule has 0 radical (unpaired) electrons. The molecule has 0 saturated carbocycles. The van der Waals surface area contributed by atoms with Crippen molar-refractivity contribution in [1.82, 2.24) is 0 Å². The largest absolute Gasteiger partial charge is 0.310 e. The molecule has 1 atom stereocenters. The quantitative estimate of drug-likeness (QED) is 0.142. The van der Waals surface area contributed by atoms with Gasteiger partial charge in [0.15, 0.2) is 0 Å². The predicted molar refractivity (Wildman–Crippen MR) is 326 cm³/mol. The topological polar surface area (TPSA) is 6.48 Å². The van der Waals surface area contributed by atoms with E-state index in [2.05, 4.69) is 315 Å². The van der Waals surface area contributed by atoms with Crippen molar-refractivity contribution in [2.24, 2.45) is 0 Å². The number of fused-ring (bicyclic) bond motifs is 13. The zero-order valence-corrected chi connectivity index (χ0v) is 43.6. The van der Waals surface area contributed by atoms with E-state index < -0.39 is 5.41 Å². The van der Waals surface area contributed by atoms with Crippen molar-refractivity contribution in [2.45, 2.75) is 24.7 Å². The Kier molecular flexibility index (Phi) is 10.5. The van der Waals surface area contributed by atoms with Crippen LogP contribution in [0.5, 0.6) is 0 Å². The number of para-hydroxylation sites is 3. The molecule has 0 bridgehead atoms. The molecule has 0 aliphatic heterocycles. The van der Waals surface area contributed by atoms with Gasteiger partial charge in [0.05, 0.1) is 16.8 Å². The van der Waals surface area contributed by atoms with E-state index in [1.54, 1.807) is 0 Å². The molecule has 1 unspecified atom stereocenters. The van der Waals surface area contributed by atoms with Gasteiger partial charge in [-0.3, -0.25) is 0 Å². The van der Waals surface area contributed by atoms with E-state index in [0.717, 1.165) is 45.3 Å². The maximum absolute atomic E-state index is 2.58. The van der Waals surface area contributed by atoms with E-state index in [0.29, 0.717) is 0 Å². The summed E-state index contributed by atoms with van der Waals surface area (Å²) in [6, 6.07) is 108. The fourth-order valence-corrected chi connectivity index (χ4v) is 13.6. The lowest BCUT2D eigenvalue weighted by molar-refractivity contribution is 0.660. The summed E-state index contributed by atoms with van der Waals surface area (Å²) in [5, 5.41) is 0. The molecule has 0 N–H and O–H groups in total. The predicted octanol–water partition coefficient (Wildman–Crippen LogP) is 20.3. The van der Waals surface area contributed by atoms with E-state index in [1.807, 2.05) is 0 Å². The van der Waals surface area contributed by atoms with Crippen LogP contribution in [-0.2, 0) is 10.8 Å². The number of rotatable bonds is 9. The summed E-state index contributed by atoms with van der Waals surface area (Å²) < 4.78 is 0. The molecule has 0 fully saturated rings. The van der Waals surface area contributed by atoms with Crippen molar-refractivity contribution in [2.75, 3.05) is 9.80 Å². The number of benzene rings is 12. The van der Waals surface area contributed by atoms with Crippen molar-refractivity contribution >= 4 is 34.1 Å². The van der Waals surface area contributed by atoms with Gasteiger partial charge in [0, 0.05) is 39.3 Å². The fourth-order valence-electron chi connectivity index (χ4n) is 13.6. The molecule has 12 aromatic rings. The maximum atomic E-state index is 2.58. The summed E-state index contributed by atoms with van der Waals surface area (Å²) >= 11 is 0. The van der Waals surface area contributed by atoms with Gasteiger partial charge in [-0.15, -0.1) is 0 Å². The van der Waals surface area contributed by atoms with Crippen LogP contribution in [0.2, 0.25) is 0 Å². The van der Waals surface area contributed by atoms with E-state index in [4.69, 9.17) is 0 Å². The Morgan fingerprint density at radius 3 is 1.12 bits per heavy atom. The van der Waals surface area contributed by atoms with Gasteiger partial charge in [-0.2, -0.15) is 0 Å². The molecule has 0 amide bonds. The lowest BCUT2D eigenvalue weighted by atomic mass is 9.70. The normalized spacial score (nSPS) is 14.7. The monoisotopic (exact) mass is 994 g/mol. The second kappa shape index (κ2) is 17.9. The van der Waals surface area contributed by atoms with Crippen molar-refractivity contribution in [3.8, 4) is 66.8 Å². The Morgan fingerprint density at radius 2 is 0.590 bits per heavy atom. The lowest BCUT2D eigenvalue weighted by Crippen LogP contribution is -2.27. The van der Waals surface area contributed by atoms with Crippen LogP contribution in [0.25, 0.3) is 66.8 Å². The Labute approximate surface area is 457 Å². The summed E-state index contributed by atoms with van der Waals surface area (Å²) in [5.41, 5.74) is 28.3. The summed E-state index contributed by atoms with van der Waals surface area (Å²) in [7, 11) is 0. The Hall–Kier alpha value is -9.76. The minimum atomic E-state index is -0.691. The number of nitrogens with zero attached hydrogens (tertiary/aromatic N) is 2. The van der Waals surface area contributed by atoms with Crippen LogP contribution in [0.1, 0.15) is 47.2 Å². The maximum Gasteiger partial charge on any atom is 0.0727 e. The molecule has 0 aromatic heterocycles. The van der Waals surface area contributed by atoms with Gasteiger partial charge >= 0.3 is 0 Å². The minimum Gasteiger partial charge on any atom is -0.310 e. The van der Waals surface area contributed by atoms with Crippen molar-refractivity contribution in [3.05, 3.63) is 325 Å². The second-order valence-electron chi connectivity index (χ2n) is 21.6. The zero-order chi connectivity index (χ0) is 52.0. The van der Waals surface area contributed by atoms with Gasteiger partial charge in [0.1, 0.15) is 0 Å². The van der Waals surface area contributed by atoms with Crippen LogP contribution in [0.3, 0.4) is 0 Å². The SMILES string of the molecule is CC1(C)c2ccccc2-c2cc(N(c3ccccc3)c3cc4c(cc3-c3cccc(-c5ccccc5)c3)-c3ccccc3C43c4ccccc4-c4cc(-c5ccccc5)c(N(c5ccccc5)c5ccccc5)cc43)ccc21. The third-order valence-corrected chi connectivity index (χ3v) is 17.0. The fraction of sp³-hybridized carbons (Fsp3) is 0.0526. The molecule has 3 aliphatic rings. The van der Waals surface area contributed by atoms with Gasteiger partial charge < -0.3 is 9.80 Å². The van der Waals surface area contributed by atoms with Crippen LogP contribution < -0.4 is 9.80 Å². The molecule has 0 saturated heterocycles. The Bertz CT molecular complexity index is 4240. The van der Waals surface area contributed by atoms with Crippen LogP contribution in [0.4, 0.5) is 34.1 Å². The number of hydrogen-bond donors (Lipinski definition) is 0. The summed E-state index contributed by atoms with van der Waals surface area (Å²) in [5.74, 6) is 0. The van der Waals surface area contributed by atoms with Crippen molar-refractivity contribution < 1.29 is 0 Å². The molecule has 2 nitrogen and oxygen atoms in total. The summed E-state index contributed by atoms with van der Waals surface area (Å²) in [6.45, 7) is 4.73. The van der Waals surface area contributed by atoms with Gasteiger partial charge in [-0.1, -0.05) is 226 Å². The molecule has 78 heavy (non-hydrogen) atoms. The highest BCUT2D eigenvalue weighted by Gasteiger charge is 2.53. The zero-order valence-electron chi connectivity index (χ0n) is 43.6. The molecule has 368 valence electrons. The van der Waals surface area contributed by atoms with Gasteiger partial charge in [0.25, 0.3) is 0 Å².